The minimum atomic E-state index is 0.786. The zero-order valence-corrected chi connectivity index (χ0v) is 12.6. The average Bonchev–Trinajstić information content (AvgIpc) is 2.63. The second-order valence-electron chi connectivity index (χ2n) is 4.88. The van der Waals surface area contributed by atoms with Crippen LogP contribution in [0.5, 0.6) is 0 Å². The third kappa shape index (κ3) is 7.04. The van der Waals surface area contributed by atoms with Crippen LogP contribution >= 0.6 is 22.9 Å². The molecule has 0 amide bonds. The Morgan fingerprint density at radius 2 is 2.12 bits per heavy atom. The molecule has 0 saturated heterocycles. The minimum Gasteiger partial charge on any atom is -0.315 e. The number of hydrogen-bond acceptors (Lipinski definition) is 3. The normalized spacial score (nSPS) is 11.6. The molecule has 1 aromatic heterocycles. The van der Waals surface area contributed by atoms with Gasteiger partial charge < -0.3 is 10.2 Å². The number of likely N-dealkylation sites (N-methyl/N-ethyl adjacent to an activating group) is 1. The van der Waals surface area contributed by atoms with Crippen LogP contribution in [0.4, 0.5) is 0 Å². The second kappa shape index (κ2) is 8.09. The van der Waals surface area contributed by atoms with Crippen molar-refractivity contribution in [3.63, 3.8) is 0 Å². The summed E-state index contributed by atoms with van der Waals surface area (Å²) in [6.07, 6.45) is 1.25. The van der Waals surface area contributed by atoms with Gasteiger partial charge in [0.15, 0.2) is 0 Å². The number of hydrogen-bond donors (Lipinski definition) is 1. The van der Waals surface area contributed by atoms with Crippen LogP contribution in [-0.2, 0) is 6.54 Å². The largest absolute Gasteiger partial charge is 0.315 e. The van der Waals surface area contributed by atoms with E-state index < -0.39 is 0 Å². The van der Waals surface area contributed by atoms with Crippen molar-refractivity contribution in [3.05, 3.63) is 21.3 Å². The van der Waals surface area contributed by atoms with Gasteiger partial charge in [0.1, 0.15) is 0 Å². The molecule has 0 fully saturated rings. The Morgan fingerprint density at radius 1 is 1.35 bits per heavy atom. The summed E-state index contributed by atoms with van der Waals surface area (Å²) in [6, 6.07) is 4.08. The van der Waals surface area contributed by atoms with E-state index in [-0.39, 0.29) is 0 Å². The maximum atomic E-state index is 5.91. The van der Waals surface area contributed by atoms with Crippen LogP contribution in [0.2, 0.25) is 4.34 Å². The fourth-order valence-corrected chi connectivity index (χ4v) is 2.74. The molecule has 0 aromatic carbocycles. The lowest BCUT2D eigenvalue weighted by Crippen LogP contribution is -2.29. The Morgan fingerprint density at radius 3 is 2.71 bits per heavy atom. The predicted octanol–water partition coefficient (Wildman–Crippen LogP) is 3.47. The molecule has 1 N–H and O–H groups in total. The lowest BCUT2D eigenvalue weighted by Gasteiger charge is -2.16. The van der Waals surface area contributed by atoms with Crippen LogP contribution in [0, 0.1) is 5.92 Å². The molecule has 0 saturated carbocycles. The van der Waals surface area contributed by atoms with Gasteiger partial charge in [0.25, 0.3) is 0 Å². The van der Waals surface area contributed by atoms with E-state index in [1.165, 1.54) is 11.3 Å². The molecule has 0 atom stereocenters. The zero-order valence-electron chi connectivity index (χ0n) is 11.0. The number of halogens is 1. The highest BCUT2D eigenvalue weighted by Gasteiger charge is 2.02. The molecule has 1 aromatic rings. The van der Waals surface area contributed by atoms with Crippen molar-refractivity contribution in [1.82, 2.24) is 10.2 Å². The lowest BCUT2D eigenvalue weighted by molar-refractivity contribution is 0.325. The molecule has 0 radical (unpaired) electrons. The molecule has 0 aliphatic carbocycles. The third-order valence-corrected chi connectivity index (χ3v) is 3.84. The van der Waals surface area contributed by atoms with Crippen molar-refractivity contribution < 1.29 is 0 Å². The van der Waals surface area contributed by atoms with Gasteiger partial charge in [-0.3, -0.25) is 0 Å². The summed E-state index contributed by atoms with van der Waals surface area (Å²) < 4.78 is 0.878. The lowest BCUT2D eigenvalue weighted by atomic mass is 10.1. The Balaban J connectivity index is 2.07. The van der Waals surface area contributed by atoms with E-state index >= 15 is 0 Å². The molecule has 1 rings (SSSR count). The molecule has 98 valence electrons. The number of nitrogens with one attached hydrogen (secondary N) is 1. The van der Waals surface area contributed by atoms with Crippen LogP contribution in [0.1, 0.15) is 25.1 Å². The molecule has 4 heteroatoms. The van der Waals surface area contributed by atoms with E-state index in [0.717, 1.165) is 36.4 Å². The molecule has 2 nitrogen and oxygen atoms in total. The van der Waals surface area contributed by atoms with Crippen LogP contribution in [0.25, 0.3) is 0 Å². The second-order valence-corrected chi connectivity index (χ2v) is 6.68. The highest BCUT2D eigenvalue weighted by atomic mass is 35.5. The van der Waals surface area contributed by atoms with Gasteiger partial charge in [-0.2, -0.15) is 0 Å². The van der Waals surface area contributed by atoms with Crippen LogP contribution < -0.4 is 5.32 Å². The Hall–Kier alpha value is -0.0900. The molecule has 0 aliphatic heterocycles. The molecular weight excluding hydrogens is 252 g/mol. The average molecular weight is 275 g/mol. The summed E-state index contributed by atoms with van der Waals surface area (Å²) in [4.78, 5) is 3.66. The monoisotopic (exact) mass is 274 g/mol. The molecule has 0 spiro atoms. The van der Waals surface area contributed by atoms with Crippen molar-refractivity contribution in [2.45, 2.75) is 26.8 Å². The van der Waals surface area contributed by atoms with E-state index in [0.29, 0.717) is 0 Å². The van der Waals surface area contributed by atoms with Gasteiger partial charge in [-0.1, -0.05) is 25.4 Å². The predicted molar refractivity (Wildman–Crippen MR) is 78.0 cm³/mol. The van der Waals surface area contributed by atoms with E-state index in [2.05, 4.69) is 37.2 Å². The number of nitrogens with zero attached hydrogens (tertiary/aromatic N) is 1. The first-order valence-corrected chi connectivity index (χ1v) is 7.41. The quantitative estimate of drug-likeness (QED) is 0.731. The van der Waals surface area contributed by atoms with Gasteiger partial charge in [-0.25, -0.2) is 0 Å². The van der Waals surface area contributed by atoms with E-state index in [1.54, 1.807) is 11.3 Å². The smallest absolute Gasteiger partial charge is 0.0931 e. The standard InChI is InChI=1S/C13H23ClN2S/c1-11(2)6-7-15-8-9-16(3)10-12-4-5-13(14)17-12/h4-5,11,15H,6-10H2,1-3H3. The summed E-state index contributed by atoms with van der Waals surface area (Å²) in [5.41, 5.74) is 0. The first-order chi connectivity index (χ1) is 8.08. The Labute approximate surface area is 114 Å². The van der Waals surface area contributed by atoms with Gasteiger partial charge in [-0.15, -0.1) is 11.3 Å². The highest BCUT2D eigenvalue weighted by Crippen LogP contribution is 2.22. The summed E-state index contributed by atoms with van der Waals surface area (Å²) in [5.74, 6) is 0.786. The van der Waals surface area contributed by atoms with Crippen molar-refractivity contribution in [3.8, 4) is 0 Å². The Kier molecular flexibility index (Phi) is 7.12. The topological polar surface area (TPSA) is 15.3 Å². The van der Waals surface area contributed by atoms with Crippen molar-refractivity contribution in [2.75, 3.05) is 26.7 Å². The zero-order chi connectivity index (χ0) is 12.7. The SMILES string of the molecule is CC(C)CCNCCN(C)Cc1ccc(Cl)s1. The van der Waals surface area contributed by atoms with Gasteiger partial charge in [0.05, 0.1) is 4.34 Å². The minimum absolute atomic E-state index is 0.786. The number of rotatable bonds is 8. The molecular formula is C13H23ClN2S. The van der Waals surface area contributed by atoms with Crippen LogP contribution in [-0.4, -0.2) is 31.6 Å². The summed E-state index contributed by atoms with van der Waals surface area (Å²) >= 11 is 7.57. The molecule has 1 heterocycles. The van der Waals surface area contributed by atoms with Crippen LogP contribution in [0.3, 0.4) is 0 Å². The first-order valence-electron chi connectivity index (χ1n) is 6.21. The highest BCUT2D eigenvalue weighted by molar-refractivity contribution is 7.16. The van der Waals surface area contributed by atoms with Crippen molar-refractivity contribution in [2.24, 2.45) is 5.92 Å². The van der Waals surface area contributed by atoms with E-state index in [1.807, 2.05) is 6.07 Å². The third-order valence-electron chi connectivity index (χ3n) is 2.62. The fourth-order valence-electron chi connectivity index (χ4n) is 1.57. The fraction of sp³-hybridized carbons (Fsp3) is 0.692. The van der Waals surface area contributed by atoms with Crippen molar-refractivity contribution in [1.29, 1.82) is 0 Å². The molecule has 0 aliphatic rings. The first kappa shape index (κ1) is 15.0. The van der Waals surface area contributed by atoms with Crippen LogP contribution in [0.15, 0.2) is 12.1 Å². The van der Waals surface area contributed by atoms with Gasteiger partial charge in [0.2, 0.25) is 0 Å². The van der Waals surface area contributed by atoms with Crippen molar-refractivity contribution >= 4 is 22.9 Å². The molecule has 17 heavy (non-hydrogen) atoms. The summed E-state index contributed by atoms with van der Waals surface area (Å²) in [5, 5.41) is 3.47. The maximum Gasteiger partial charge on any atom is 0.0931 e. The molecule has 0 unspecified atom stereocenters. The van der Waals surface area contributed by atoms with E-state index in [9.17, 15) is 0 Å². The van der Waals surface area contributed by atoms with Gasteiger partial charge in [0, 0.05) is 24.5 Å². The summed E-state index contributed by atoms with van der Waals surface area (Å²) in [6.45, 7) is 8.76. The maximum absolute atomic E-state index is 5.91. The number of thiophene rings is 1. The van der Waals surface area contributed by atoms with Gasteiger partial charge in [-0.05, 0) is 38.1 Å². The van der Waals surface area contributed by atoms with E-state index in [4.69, 9.17) is 11.6 Å². The Bertz CT molecular complexity index is 312. The van der Waals surface area contributed by atoms with Gasteiger partial charge >= 0.3 is 0 Å². The summed E-state index contributed by atoms with van der Waals surface area (Å²) in [7, 11) is 2.15. The molecule has 0 bridgehead atoms.